The Labute approximate surface area is 156 Å². The van der Waals surface area contributed by atoms with Crippen LogP contribution in [0.4, 0.5) is 0 Å². The van der Waals surface area contributed by atoms with E-state index >= 15 is 0 Å². The Morgan fingerprint density at radius 2 is 1.81 bits per heavy atom. The molecule has 6 heteroatoms. The number of piperidine rings is 1. The third kappa shape index (κ3) is 7.04. The molecule has 0 bridgehead atoms. The first-order chi connectivity index (χ1) is 12.6. The number of methoxy groups -OCH3 is 1. The zero-order valence-corrected chi connectivity index (χ0v) is 15.9. The third-order valence-electron chi connectivity index (χ3n) is 4.78. The van der Waals surface area contributed by atoms with Crippen LogP contribution < -0.4 is 15.4 Å². The van der Waals surface area contributed by atoms with Gasteiger partial charge >= 0.3 is 0 Å². The Kier molecular flexibility index (Phi) is 8.41. The lowest BCUT2D eigenvalue weighted by molar-refractivity contribution is -0.126. The molecule has 1 aromatic rings. The minimum atomic E-state index is -0.102. The fourth-order valence-electron chi connectivity index (χ4n) is 3.15. The highest BCUT2D eigenvalue weighted by Crippen LogP contribution is 2.19. The summed E-state index contributed by atoms with van der Waals surface area (Å²) >= 11 is 0. The fraction of sp³-hybridized carbons (Fsp3) is 0.600. The molecule has 26 heavy (non-hydrogen) atoms. The van der Waals surface area contributed by atoms with E-state index in [-0.39, 0.29) is 18.4 Å². The Balaban J connectivity index is 1.62. The van der Waals surface area contributed by atoms with Gasteiger partial charge in [0.25, 0.3) is 0 Å². The Morgan fingerprint density at radius 1 is 1.12 bits per heavy atom. The zero-order valence-electron chi connectivity index (χ0n) is 15.9. The van der Waals surface area contributed by atoms with Crippen molar-refractivity contribution >= 4 is 11.8 Å². The van der Waals surface area contributed by atoms with Crippen LogP contribution in [-0.2, 0) is 16.1 Å². The van der Waals surface area contributed by atoms with Gasteiger partial charge in [-0.05, 0) is 56.0 Å². The number of carbonyl (C=O) groups excluding carboxylic acids is 2. The van der Waals surface area contributed by atoms with Gasteiger partial charge in [0, 0.05) is 19.5 Å². The number of nitrogens with one attached hydrogen (secondary N) is 2. The maximum absolute atomic E-state index is 11.8. The average Bonchev–Trinajstić information content (AvgIpc) is 2.66. The van der Waals surface area contributed by atoms with Crippen LogP contribution in [0.1, 0.15) is 38.2 Å². The smallest absolute Gasteiger partial charge is 0.239 e. The van der Waals surface area contributed by atoms with Gasteiger partial charge < -0.3 is 15.4 Å². The lowest BCUT2D eigenvalue weighted by Gasteiger charge is -2.32. The molecule has 0 unspecified atom stereocenters. The first-order valence-corrected chi connectivity index (χ1v) is 9.49. The Hall–Kier alpha value is -2.08. The molecule has 2 N–H and O–H groups in total. The minimum Gasteiger partial charge on any atom is -0.497 e. The number of benzene rings is 1. The predicted octanol–water partition coefficient (Wildman–Crippen LogP) is 1.94. The van der Waals surface area contributed by atoms with Gasteiger partial charge in [0.15, 0.2) is 0 Å². The molecule has 0 radical (unpaired) electrons. The molecule has 1 fully saturated rings. The van der Waals surface area contributed by atoms with E-state index in [1.54, 1.807) is 7.11 Å². The van der Waals surface area contributed by atoms with Gasteiger partial charge in [0.1, 0.15) is 5.75 Å². The van der Waals surface area contributed by atoms with Crippen LogP contribution in [0.25, 0.3) is 0 Å². The second-order valence-electron chi connectivity index (χ2n) is 6.90. The van der Waals surface area contributed by atoms with Gasteiger partial charge in [-0.2, -0.15) is 0 Å². The zero-order chi connectivity index (χ0) is 18.8. The van der Waals surface area contributed by atoms with Crippen molar-refractivity contribution in [2.75, 3.05) is 33.3 Å². The first-order valence-electron chi connectivity index (χ1n) is 9.49. The van der Waals surface area contributed by atoms with E-state index in [9.17, 15) is 9.59 Å². The van der Waals surface area contributed by atoms with Crippen molar-refractivity contribution in [3.63, 3.8) is 0 Å². The molecule has 1 aliphatic heterocycles. The third-order valence-corrected chi connectivity index (χ3v) is 4.78. The van der Waals surface area contributed by atoms with E-state index in [1.807, 2.05) is 19.1 Å². The number of likely N-dealkylation sites (tertiary alicyclic amines) is 1. The second-order valence-corrected chi connectivity index (χ2v) is 6.90. The second kappa shape index (κ2) is 10.8. The topological polar surface area (TPSA) is 70.7 Å². The molecule has 1 aromatic carbocycles. The number of carbonyl (C=O) groups is 2. The van der Waals surface area contributed by atoms with Crippen LogP contribution in [0.5, 0.6) is 5.75 Å². The summed E-state index contributed by atoms with van der Waals surface area (Å²) in [5.74, 6) is 1.23. The van der Waals surface area contributed by atoms with Crippen LogP contribution >= 0.6 is 0 Å². The Morgan fingerprint density at radius 3 is 2.42 bits per heavy atom. The molecule has 0 atom stereocenters. The highest BCUT2D eigenvalue weighted by atomic mass is 16.5. The van der Waals surface area contributed by atoms with Crippen molar-refractivity contribution in [2.24, 2.45) is 5.92 Å². The van der Waals surface area contributed by atoms with Gasteiger partial charge in [0.05, 0.1) is 13.7 Å². The van der Waals surface area contributed by atoms with Gasteiger partial charge in [-0.15, -0.1) is 0 Å². The SMILES string of the molecule is CCCC(=O)NCC(=O)NCC1CCN(Cc2ccc(OC)cc2)CC1. The highest BCUT2D eigenvalue weighted by molar-refractivity contribution is 5.84. The normalized spacial score (nSPS) is 15.5. The summed E-state index contributed by atoms with van der Waals surface area (Å²) in [5.41, 5.74) is 1.29. The number of hydrogen-bond donors (Lipinski definition) is 2. The van der Waals surface area contributed by atoms with E-state index < -0.39 is 0 Å². The molecule has 144 valence electrons. The van der Waals surface area contributed by atoms with Gasteiger partial charge in [-0.1, -0.05) is 19.1 Å². The van der Waals surface area contributed by atoms with Crippen LogP contribution in [0.3, 0.4) is 0 Å². The van der Waals surface area contributed by atoms with Crippen molar-refractivity contribution in [2.45, 2.75) is 39.2 Å². The van der Waals surface area contributed by atoms with Crippen molar-refractivity contribution in [1.82, 2.24) is 15.5 Å². The minimum absolute atomic E-state index is 0.0607. The van der Waals surface area contributed by atoms with Crippen LogP contribution in [0.2, 0.25) is 0 Å². The molecule has 6 nitrogen and oxygen atoms in total. The van der Waals surface area contributed by atoms with E-state index in [0.29, 0.717) is 18.9 Å². The molecule has 0 aliphatic carbocycles. The molecule has 1 saturated heterocycles. The van der Waals surface area contributed by atoms with Crippen LogP contribution in [-0.4, -0.2) is 50.0 Å². The first kappa shape index (κ1) is 20.2. The van der Waals surface area contributed by atoms with Crippen LogP contribution in [0, 0.1) is 5.92 Å². The van der Waals surface area contributed by atoms with Gasteiger partial charge in [0.2, 0.25) is 11.8 Å². The maximum atomic E-state index is 11.8. The van der Waals surface area contributed by atoms with Crippen molar-refractivity contribution in [1.29, 1.82) is 0 Å². The van der Waals surface area contributed by atoms with E-state index in [0.717, 1.165) is 44.6 Å². The van der Waals surface area contributed by atoms with Gasteiger partial charge in [-0.3, -0.25) is 14.5 Å². The average molecular weight is 361 g/mol. The number of rotatable bonds is 9. The summed E-state index contributed by atoms with van der Waals surface area (Å²) in [6, 6.07) is 8.21. The largest absolute Gasteiger partial charge is 0.497 e. The van der Waals surface area contributed by atoms with E-state index in [4.69, 9.17) is 4.74 Å². The molecular formula is C20H31N3O3. The van der Waals surface area contributed by atoms with Crippen molar-refractivity contribution in [3.8, 4) is 5.75 Å². The summed E-state index contributed by atoms with van der Waals surface area (Å²) in [6.45, 7) is 5.75. The summed E-state index contributed by atoms with van der Waals surface area (Å²) in [7, 11) is 1.68. The maximum Gasteiger partial charge on any atom is 0.239 e. The molecule has 2 rings (SSSR count). The lowest BCUT2D eigenvalue weighted by Crippen LogP contribution is -2.41. The molecule has 2 amide bonds. The lowest BCUT2D eigenvalue weighted by atomic mass is 9.96. The van der Waals surface area contributed by atoms with E-state index in [2.05, 4.69) is 27.7 Å². The van der Waals surface area contributed by atoms with E-state index in [1.165, 1.54) is 5.56 Å². The number of amides is 2. The van der Waals surface area contributed by atoms with Crippen LogP contribution in [0.15, 0.2) is 24.3 Å². The van der Waals surface area contributed by atoms with Gasteiger partial charge in [-0.25, -0.2) is 0 Å². The molecule has 1 aliphatic rings. The standard InChI is InChI=1S/C20H31N3O3/c1-3-4-19(24)22-14-20(25)21-13-16-9-11-23(12-10-16)15-17-5-7-18(26-2)8-6-17/h5-8,16H,3-4,9-15H2,1-2H3,(H,21,25)(H,22,24). The fourth-order valence-corrected chi connectivity index (χ4v) is 3.15. The predicted molar refractivity (Wildman–Crippen MR) is 102 cm³/mol. The molecule has 0 spiro atoms. The Bertz CT molecular complexity index is 566. The number of nitrogens with zero attached hydrogens (tertiary/aromatic N) is 1. The molecule has 0 aromatic heterocycles. The summed E-state index contributed by atoms with van der Waals surface area (Å²) in [5, 5.41) is 5.59. The summed E-state index contributed by atoms with van der Waals surface area (Å²) in [4.78, 5) is 25.6. The summed E-state index contributed by atoms with van der Waals surface area (Å²) in [6.07, 6.45) is 3.43. The number of ether oxygens (including phenoxy) is 1. The molecule has 0 saturated carbocycles. The highest BCUT2D eigenvalue weighted by Gasteiger charge is 2.19. The number of hydrogen-bond acceptors (Lipinski definition) is 4. The monoisotopic (exact) mass is 361 g/mol. The molecule has 1 heterocycles. The van der Waals surface area contributed by atoms with Crippen molar-refractivity contribution in [3.05, 3.63) is 29.8 Å². The molecular weight excluding hydrogens is 330 g/mol. The quantitative estimate of drug-likeness (QED) is 0.705. The van der Waals surface area contributed by atoms with Crippen molar-refractivity contribution < 1.29 is 14.3 Å². The summed E-state index contributed by atoms with van der Waals surface area (Å²) < 4.78 is 5.19.